The molecule has 2 fully saturated rings. The lowest BCUT2D eigenvalue weighted by molar-refractivity contribution is -0.150. The number of hydrogen-bond acceptors (Lipinski definition) is 8. The summed E-state index contributed by atoms with van der Waals surface area (Å²) in [5.74, 6) is -1.93. The molecule has 1 aliphatic heterocycles. The SMILES string of the molecule is COC(=O)C(C(C)=O)N1CCN(c2cc3c(cc2F)c(=O)c(OC(=O)O)cn3C2CC2)CC1. The minimum absolute atomic E-state index is 0.0443. The van der Waals surface area contributed by atoms with Crippen LogP contribution in [0.1, 0.15) is 25.8 Å². The van der Waals surface area contributed by atoms with Crippen molar-refractivity contribution in [3.63, 3.8) is 0 Å². The Kier molecular flexibility index (Phi) is 6.07. The number of esters is 1. The number of halogens is 1. The number of piperazine rings is 1. The first-order valence-corrected chi connectivity index (χ1v) is 10.6. The number of carbonyl (C=O) groups is 3. The molecule has 0 amide bonds. The molecule has 1 N–H and O–H groups in total. The number of methoxy groups -OCH3 is 1. The summed E-state index contributed by atoms with van der Waals surface area (Å²) in [5, 5.41) is 8.96. The number of carboxylic acid groups (broad SMARTS) is 1. The average molecular weight is 461 g/mol. The Morgan fingerprint density at radius 2 is 1.82 bits per heavy atom. The van der Waals surface area contributed by atoms with E-state index in [4.69, 9.17) is 9.84 Å². The van der Waals surface area contributed by atoms with E-state index >= 15 is 4.39 Å². The van der Waals surface area contributed by atoms with Crippen LogP contribution in [0.5, 0.6) is 5.75 Å². The van der Waals surface area contributed by atoms with Gasteiger partial charge in [-0.1, -0.05) is 0 Å². The number of ether oxygens (including phenoxy) is 2. The predicted molar refractivity (Wildman–Crippen MR) is 115 cm³/mol. The van der Waals surface area contributed by atoms with Gasteiger partial charge in [-0.05, 0) is 31.9 Å². The fourth-order valence-corrected chi connectivity index (χ4v) is 4.30. The lowest BCUT2D eigenvalue weighted by Gasteiger charge is -2.38. The molecule has 2 heterocycles. The Labute approximate surface area is 188 Å². The van der Waals surface area contributed by atoms with Crippen LogP contribution in [0.2, 0.25) is 0 Å². The van der Waals surface area contributed by atoms with Crippen molar-refractivity contribution in [2.45, 2.75) is 31.8 Å². The van der Waals surface area contributed by atoms with Gasteiger partial charge in [0.2, 0.25) is 5.43 Å². The van der Waals surface area contributed by atoms with E-state index in [0.717, 1.165) is 18.9 Å². The molecule has 1 atom stereocenters. The highest BCUT2D eigenvalue weighted by Crippen LogP contribution is 2.39. The zero-order valence-corrected chi connectivity index (χ0v) is 18.2. The van der Waals surface area contributed by atoms with Gasteiger partial charge in [0.1, 0.15) is 5.82 Å². The van der Waals surface area contributed by atoms with Gasteiger partial charge in [0.15, 0.2) is 17.6 Å². The van der Waals surface area contributed by atoms with Gasteiger partial charge in [-0.25, -0.2) is 14.0 Å². The number of Topliss-reactive ketones (excluding diaryl/α,β-unsaturated/α-hetero) is 1. The van der Waals surface area contributed by atoms with Crippen molar-refractivity contribution in [2.75, 3.05) is 38.2 Å². The Morgan fingerprint density at radius 1 is 1.15 bits per heavy atom. The number of benzene rings is 1. The normalized spacial score (nSPS) is 17.6. The van der Waals surface area contributed by atoms with Gasteiger partial charge >= 0.3 is 12.1 Å². The van der Waals surface area contributed by atoms with E-state index < -0.39 is 29.4 Å². The summed E-state index contributed by atoms with van der Waals surface area (Å²) in [5.41, 5.74) is 0.0949. The molecule has 0 radical (unpaired) electrons. The molecule has 1 aromatic heterocycles. The van der Waals surface area contributed by atoms with Crippen molar-refractivity contribution in [3.8, 4) is 5.75 Å². The van der Waals surface area contributed by atoms with E-state index in [1.807, 2.05) is 0 Å². The summed E-state index contributed by atoms with van der Waals surface area (Å²) >= 11 is 0. The molecule has 1 saturated carbocycles. The van der Waals surface area contributed by atoms with Crippen molar-refractivity contribution in [1.29, 1.82) is 0 Å². The van der Waals surface area contributed by atoms with Gasteiger partial charge in [0, 0.05) is 32.2 Å². The third-order valence-electron chi connectivity index (χ3n) is 6.04. The molecule has 0 bridgehead atoms. The van der Waals surface area contributed by atoms with Crippen molar-refractivity contribution < 1.29 is 33.4 Å². The summed E-state index contributed by atoms with van der Waals surface area (Å²) in [6.45, 7) is 2.74. The molecule has 0 spiro atoms. The lowest BCUT2D eigenvalue weighted by atomic mass is 10.1. The number of rotatable bonds is 6. The van der Waals surface area contributed by atoms with Gasteiger partial charge in [-0.2, -0.15) is 0 Å². The minimum atomic E-state index is -1.61. The molecule has 2 aliphatic rings. The van der Waals surface area contributed by atoms with E-state index in [1.54, 1.807) is 20.4 Å². The zero-order valence-electron chi connectivity index (χ0n) is 18.2. The summed E-state index contributed by atoms with van der Waals surface area (Å²) < 4.78 is 26.2. The van der Waals surface area contributed by atoms with Crippen LogP contribution >= 0.6 is 0 Å². The van der Waals surface area contributed by atoms with E-state index in [9.17, 15) is 19.2 Å². The highest BCUT2D eigenvalue weighted by molar-refractivity contribution is 6.01. The number of nitrogens with zero attached hydrogens (tertiary/aromatic N) is 3. The van der Waals surface area contributed by atoms with Crippen molar-refractivity contribution >= 4 is 34.5 Å². The summed E-state index contributed by atoms with van der Waals surface area (Å²) in [6, 6.07) is 1.79. The van der Waals surface area contributed by atoms with Gasteiger partial charge in [0.25, 0.3) is 0 Å². The minimum Gasteiger partial charge on any atom is -0.468 e. The predicted octanol–water partition coefficient (Wildman–Crippen LogP) is 1.78. The van der Waals surface area contributed by atoms with Gasteiger partial charge < -0.3 is 24.0 Å². The number of ketones is 1. The molecule has 1 saturated heterocycles. The topological polar surface area (TPSA) is 118 Å². The van der Waals surface area contributed by atoms with Crippen LogP contribution in [0.4, 0.5) is 14.9 Å². The van der Waals surface area contributed by atoms with Gasteiger partial charge in [0.05, 0.1) is 29.9 Å². The van der Waals surface area contributed by atoms with Gasteiger partial charge in [-0.3, -0.25) is 14.5 Å². The third-order valence-corrected chi connectivity index (χ3v) is 6.04. The molecule has 11 heteroatoms. The van der Waals surface area contributed by atoms with Crippen LogP contribution in [0.3, 0.4) is 0 Å². The summed E-state index contributed by atoms with van der Waals surface area (Å²) in [4.78, 5) is 51.1. The number of fused-ring (bicyclic) bond motifs is 1. The smallest absolute Gasteiger partial charge is 0.468 e. The number of hydrogen-bond donors (Lipinski definition) is 1. The Balaban J connectivity index is 1.66. The Bertz CT molecular complexity index is 1180. The molecule has 1 aromatic carbocycles. The quantitative estimate of drug-likeness (QED) is 0.507. The Hall–Kier alpha value is -3.47. The number of carbonyl (C=O) groups excluding carboxylic acids is 2. The maximum absolute atomic E-state index is 15.1. The van der Waals surface area contributed by atoms with E-state index in [2.05, 4.69) is 4.74 Å². The first-order chi connectivity index (χ1) is 15.7. The molecule has 1 aliphatic carbocycles. The third kappa shape index (κ3) is 4.40. The fourth-order valence-electron chi connectivity index (χ4n) is 4.30. The summed E-state index contributed by atoms with van der Waals surface area (Å²) in [7, 11) is 1.23. The van der Waals surface area contributed by atoms with E-state index in [0.29, 0.717) is 37.4 Å². The van der Waals surface area contributed by atoms with Crippen molar-refractivity contribution in [2.24, 2.45) is 0 Å². The molecule has 10 nitrogen and oxygen atoms in total. The molecule has 2 aromatic rings. The lowest BCUT2D eigenvalue weighted by Crippen LogP contribution is -2.55. The largest absolute Gasteiger partial charge is 0.511 e. The Morgan fingerprint density at radius 3 is 2.36 bits per heavy atom. The van der Waals surface area contributed by atoms with Crippen LogP contribution in [-0.4, -0.2) is 71.8 Å². The van der Waals surface area contributed by atoms with Crippen LogP contribution in [-0.2, 0) is 14.3 Å². The maximum Gasteiger partial charge on any atom is 0.511 e. The van der Waals surface area contributed by atoms with E-state index in [-0.39, 0.29) is 23.0 Å². The van der Waals surface area contributed by atoms with Crippen molar-refractivity contribution in [3.05, 3.63) is 34.4 Å². The van der Waals surface area contributed by atoms with Crippen LogP contribution < -0.4 is 15.1 Å². The molecular formula is C22H24FN3O7. The molecule has 4 rings (SSSR count). The average Bonchev–Trinajstić information content (AvgIpc) is 3.61. The second-order valence-electron chi connectivity index (χ2n) is 8.21. The van der Waals surface area contributed by atoms with Crippen LogP contribution in [0.25, 0.3) is 10.9 Å². The monoisotopic (exact) mass is 461 g/mol. The standard InChI is InChI=1S/C22H24FN3O7/c1-12(27)19(21(29)32-2)25-7-5-24(6-8-25)17-10-16-14(9-15(17)23)20(28)18(33-22(30)31)11-26(16)13-3-4-13/h9-11,13,19H,3-8H2,1-2H3,(H,30,31). The van der Waals surface area contributed by atoms with E-state index in [1.165, 1.54) is 20.2 Å². The molecule has 1 unspecified atom stereocenters. The first-order valence-electron chi connectivity index (χ1n) is 10.6. The second-order valence-corrected chi connectivity index (χ2v) is 8.21. The van der Waals surface area contributed by atoms with Crippen LogP contribution in [0, 0.1) is 5.82 Å². The number of aromatic nitrogens is 1. The zero-order chi connectivity index (χ0) is 23.9. The molecular weight excluding hydrogens is 437 g/mol. The highest BCUT2D eigenvalue weighted by Gasteiger charge is 2.34. The first kappa shape index (κ1) is 22.7. The van der Waals surface area contributed by atoms with Crippen molar-refractivity contribution in [1.82, 2.24) is 9.47 Å². The number of pyridine rings is 1. The molecule has 33 heavy (non-hydrogen) atoms. The number of anilines is 1. The summed E-state index contributed by atoms with van der Waals surface area (Å²) in [6.07, 6.45) is 1.47. The van der Waals surface area contributed by atoms with Gasteiger partial charge in [-0.15, -0.1) is 0 Å². The maximum atomic E-state index is 15.1. The van der Waals surface area contributed by atoms with Crippen LogP contribution in [0.15, 0.2) is 23.1 Å². The fraction of sp³-hybridized carbons (Fsp3) is 0.455. The molecule has 176 valence electrons. The second kappa shape index (κ2) is 8.81. The highest BCUT2D eigenvalue weighted by atomic mass is 19.1.